The molecule has 0 amide bonds. The zero-order chi connectivity index (χ0) is 13.1. The maximum absolute atomic E-state index is 10.5. The molecule has 1 aromatic rings. The lowest BCUT2D eigenvalue weighted by Gasteiger charge is -2.31. The molecule has 0 bridgehead atoms. The Morgan fingerprint density at radius 3 is 3.28 bits per heavy atom. The zero-order valence-electron chi connectivity index (χ0n) is 9.37. The molecule has 1 saturated heterocycles. The molecule has 0 spiro atoms. The highest BCUT2D eigenvalue weighted by atomic mass is 35.5. The van der Waals surface area contributed by atoms with Crippen LogP contribution in [0.4, 0.5) is 0 Å². The van der Waals surface area contributed by atoms with E-state index in [4.69, 9.17) is 16.4 Å². The van der Waals surface area contributed by atoms with Crippen LogP contribution in [-0.4, -0.2) is 27.5 Å². The van der Waals surface area contributed by atoms with Crippen LogP contribution in [0, 0.1) is 16.0 Å². The third-order valence-electron chi connectivity index (χ3n) is 2.25. The van der Waals surface area contributed by atoms with Crippen LogP contribution in [0.2, 0.25) is 4.47 Å². The average molecular weight is 292 g/mol. The maximum atomic E-state index is 10.5. The van der Waals surface area contributed by atoms with Crippen molar-refractivity contribution in [2.24, 2.45) is 11.0 Å². The molecule has 18 heavy (non-hydrogen) atoms. The van der Waals surface area contributed by atoms with E-state index in [-0.39, 0.29) is 5.92 Å². The molecule has 1 unspecified atom stereocenters. The Labute approximate surface area is 111 Å². The Hall–Kier alpha value is -1.29. The first-order valence-electron chi connectivity index (χ1n) is 5.04. The topological polar surface area (TPSA) is 92.9 Å². The van der Waals surface area contributed by atoms with Gasteiger partial charge in [-0.05, 0) is 0 Å². The number of nitro groups is 1. The van der Waals surface area contributed by atoms with Crippen LogP contribution in [0.3, 0.4) is 0 Å². The van der Waals surface area contributed by atoms with Crippen molar-refractivity contribution in [1.29, 1.82) is 0 Å². The summed E-state index contributed by atoms with van der Waals surface area (Å²) < 4.78 is 0.420. The molecule has 98 valence electrons. The minimum atomic E-state index is -0.717. The van der Waals surface area contributed by atoms with Gasteiger partial charge in [-0.25, -0.2) is 15.1 Å². The number of thiazole rings is 1. The molecule has 1 aliphatic rings. The molecular weight excluding hydrogens is 282 g/mol. The summed E-state index contributed by atoms with van der Waals surface area (Å²) in [5.74, 6) is 0.149. The van der Waals surface area contributed by atoms with Crippen molar-refractivity contribution in [2.75, 3.05) is 6.61 Å². The Balaban J connectivity index is 2.15. The normalized spacial score (nSPS) is 22.4. The van der Waals surface area contributed by atoms with E-state index in [2.05, 4.69) is 15.7 Å². The van der Waals surface area contributed by atoms with Gasteiger partial charge in [0.05, 0.1) is 18.3 Å². The molecule has 2 heterocycles. The fourth-order valence-electron chi connectivity index (χ4n) is 1.49. The Bertz CT molecular complexity index is 479. The predicted molar refractivity (Wildman–Crippen MR) is 65.3 cm³/mol. The first kappa shape index (κ1) is 13.1. The van der Waals surface area contributed by atoms with Crippen LogP contribution in [-0.2, 0) is 11.4 Å². The Kier molecular flexibility index (Phi) is 4.07. The summed E-state index contributed by atoms with van der Waals surface area (Å²) in [5.41, 5.74) is 2.60. The number of hydrazine groups is 1. The van der Waals surface area contributed by atoms with Gasteiger partial charge in [-0.3, -0.25) is 9.85 Å². The van der Waals surface area contributed by atoms with Crippen molar-refractivity contribution in [1.82, 2.24) is 15.6 Å². The van der Waals surface area contributed by atoms with Crippen LogP contribution >= 0.6 is 22.9 Å². The van der Waals surface area contributed by atoms with Gasteiger partial charge in [0.1, 0.15) is 0 Å². The van der Waals surface area contributed by atoms with Crippen molar-refractivity contribution in [3.05, 3.63) is 25.7 Å². The van der Waals surface area contributed by atoms with Gasteiger partial charge < -0.3 is 0 Å². The SMILES string of the molecule is CC1CONN(Cc2cnc(Cl)s2)C1=N[N+](=O)[O-]. The van der Waals surface area contributed by atoms with Gasteiger partial charge in [-0.2, -0.15) is 0 Å². The summed E-state index contributed by atoms with van der Waals surface area (Å²) in [6, 6.07) is 0. The maximum Gasteiger partial charge on any atom is 0.200 e. The molecule has 0 aliphatic carbocycles. The van der Waals surface area contributed by atoms with Gasteiger partial charge in [-0.15, -0.1) is 16.9 Å². The van der Waals surface area contributed by atoms with Crippen LogP contribution < -0.4 is 5.59 Å². The number of aromatic nitrogens is 1. The number of nitrogens with zero attached hydrogens (tertiary/aromatic N) is 4. The van der Waals surface area contributed by atoms with E-state index in [9.17, 15) is 10.1 Å². The summed E-state index contributed by atoms with van der Waals surface area (Å²) in [7, 11) is 0. The van der Waals surface area contributed by atoms with E-state index in [0.29, 0.717) is 23.5 Å². The summed E-state index contributed by atoms with van der Waals surface area (Å²) in [6.45, 7) is 2.48. The van der Waals surface area contributed by atoms with E-state index in [0.717, 1.165) is 4.88 Å². The van der Waals surface area contributed by atoms with Crippen LogP contribution in [0.15, 0.2) is 11.3 Å². The lowest BCUT2D eigenvalue weighted by atomic mass is 10.1. The van der Waals surface area contributed by atoms with Gasteiger partial charge in [0, 0.05) is 17.0 Å². The number of nitrogens with one attached hydrogen (secondary N) is 1. The minimum Gasteiger partial charge on any atom is -0.281 e. The minimum absolute atomic E-state index is 0.167. The lowest BCUT2D eigenvalue weighted by molar-refractivity contribution is -0.486. The fourth-order valence-corrected chi connectivity index (χ4v) is 2.46. The number of hydrogen-bond donors (Lipinski definition) is 1. The van der Waals surface area contributed by atoms with Crippen molar-refractivity contribution in [3.63, 3.8) is 0 Å². The molecule has 8 nitrogen and oxygen atoms in total. The largest absolute Gasteiger partial charge is 0.281 e. The van der Waals surface area contributed by atoms with Crippen LogP contribution in [0.1, 0.15) is 11.8 Å². The highest BCUT2D eigenvalue weighted by Crippen LogP contribution is 2.20. The summed E-state index contributed by atoms with van der Waals surface area (Å²) in [6.07, 6.45) is 1.61. The average Bonchev–Trinajstić information content (AvgIpc) is 2.69. The number of hydrogen-bond acceptors (Lipinski definition) is 6. The summed E-state index contributed by atoms with van der Waals surface area (Å²) in [4.78, 5) is 20.4. The lowest BCUT2D eigenvalue weighted by Crippen LogP contribution is -2.51. The van der Waals surface area contributed by atoms with Gasteiger partial charge >= 0.3 is 0 Å². The van der Waals surface area contributed by atoms with E-state index in [1.165, 1.54) is 16.3 Å². The van der Waals surface area contributed by atoms with Crippen LogP contribution in [0.5, 0.6) is 0 Å². The van der Waals surface area contributed by atoms with Gasteiger partial charge in [0.15, 0.2) is 9.50 Å². The van der Waals surface area contributed by atoms with Crippen molar-refractivity contribution < 1.29 is 9.87 Å². The monoisotopic (exact) mass is 291 g/mol. The second kappa shape index (κ2) is 5.57. The van der Waals surface area contributed by atoms with Gasteiger partial charge in [0.25, 0.3) is 0 Å². The quantitative estimate of drug-likeness (QED) is 0.666. The van der Waals surface area contributed by atoms with Crippen molar-refractivity contribution in [2.45, 2.75) is 13.5 Å². The first-order chi connectivity index (χ1) is 8.56. The molecule has 1 atom stereocenters. The zero-order valence-corrected chi connectivity index (χ0v) is 10.9. The summed E-state index contributed by atoms with van der Waals surface area (Å²) in [5, 5.41) is 14.6. The van der Waals surface area contributed by atoms with Crippen LogP contribution in [0.25, 0.3) is 0 Å². The van der Waals surface area contributed by atoms with E-state index in [1.54, 1.807) is 13.1 Å². The first-order valence-corrected chi connectivity index (χ1v) is 6.23. The van der Waals surface area contributed by atoms with Gasteiger partial charge in [-0.1, -0.05) is 18.5 Å². The van der Waals surface area contributed by atoms with Crippen molar-refractivity contribution >= 4 is 28.8 Å². The second-order valence-corrected chi connectivity index (χ2v) is 5.36. The fraction of sp³-hybridized carbons (Fsp3) is 0.500. The standard InChI is InChI=1S/C8H10ClN5O3S/c1-5-4-17-12-13(7(5)11-14(15)16)3-6-2-10-8(9)18-6/h2,5,12H,3-4H2,1H3. The smallest absolute Gasteiger partial charge is 0.200 e. The molecular formula is C8H10ClN5O3S. The Morgan fingerprint density at radius 1 is 1.89 bits per heavy atom. The third-order valence-corrected chi connectivity index (χ3v) is 3.35. The third kappa shape index (κ3) is 3.13. The number of amidine groups is 1. The molecule has 2 rings (SSSR count). The molecule has 0 saturated carbocycles. The van der Waals surface area contributed by atoms with E-state index >= 15 is 0 Å². The number of halogens is 1. The molecule has 1 aromatic heterocycles. The van der Waals surface area contributed by atoms with E-state index in [1.807, 2.05) is 0 Å². The number of rotatable bonds is 3. The highest BCUT2D eigenvalue weighted by molar-refractivity contribution is 7.15. The molecule has 1 N–H and O–H groups in total. The molecule has 1 fully saturated rings. The predicted octanol–water partition coefficient (Wildman–Crippen LogP) is 1.27. The Morgan fingerprint density at radius 2 is 2.67 bits per heavy atom. The molecule has 0 radical (unpaired) electrons. The second-order valence-electron chi connectivity index (χ2n) is 3.67. The molecule has 10 heteroatoms. The van der Waals surface area contributed by atoms with E-state index < -0.39 is 5.03 Å². The summed E-state index contributed by atoms with van der Waals surface area (Å²) >= 11 is 7.02. The van der Waals surface area contributed by atoms with Crippen molar-refractivity contribution in [3.8, 4) is 0 Å². The molecule has 1 aliphatic heterocycles. The number of hydrazone groups is 1. The molecule has 0 aromatic carbocycles. The highest BCUT2D eigenvalue weighted by Gasteiger charge is 2.28. The van der Waals surface area contributed by atoms with Gasteiger partial charge in [0.2, 0.25) is 5.84 Å².